The number of rotatable bonds is 7. The minimum absolute atomic E-state index is 0.0394. The third kappa shape index (κ3) is 5.11. The van der Waals surface area contributed by atoms with E-state index in [9.17, 15) is 9.18 Å². The second-order valence-corrected chi connectivity index (χ2v) is 9.38. The number of nitrogens with one attached hydrogen (secondary N) is 1. The van der Waals surface area contributed by atoms with E-state index in [-0.39, 0.29) is 17.9 Å². The Morgan fingerprint density at radius 1 is 1.21 bits per heavy atom. The maximum absolute atomic E-state index is 13.3. The molecule has 2 amide bonds. The molecule has 0 unspecified atom stereocenters. The van der Waals surface area contributed by atoms with Gasteiger partial charge in [-0.1, -0.05) is 19.3 Å². The number of nitrogens with zero attached hydrogens (tertiary/aromatic N) is 3. The molecule has 1 aliphatic rings. The van der Waals surface area contributed by atoms with Gasteiger partial charge in [-0.2, -0.15) is 0 Å². The van der Waals surface area contributed by atoms with E-state index in [1.165, 1.54) is 31.4 Å². The second-order valence-electron chi connectivity index (χ2n) is 8.55. The molecule has 0 bridgehead atoms. The summed E-state index contributed by atoms with van der Waals surface area (Å²) < 4.78 is 20.8. The molecule has 3 heterocycles. The van der Waals surface area contributed by atoms with Crippen LogP contribution >= 0.6 is 11.3 Å². The molecule has 1 saturated carbocycles. The van der Waals surface area contributed by atoms with Gasteiger partial charge in [0, 0.05) is 41.8 Å². The lowest BCUT2D eigenvalue weighted by Gasteiger charge is -2.28. The van der Waals surface area contributed by atoms with E-state index in [4.69, 9.17) is 4.42 Å². The van der Waals surface area contributed by atoms with Crippen molar-refractivity contribution in [1.82, 2.24) is 19.6 Å². The SMILES string of the molecule is O=C(NC1CCCCC1)N(CCc1csc2nc(-c3ccc(F)cc3)cn12)Cc1ccco1. The topological polar surface area (TPSA) is 62.8 Å². The molecule has 6 nitrogen and oxygen atoms in total. The molecule has 0 atom stereocenters. The van der Waals surface area contributed by atoms with Crippen LogP contribution < -0.4 is 5.32 Å². The highest BCUT2D eigenvalue weighted by Crippen LogP contribution is 2.24. The van der Waals surface area contributed by atoms with Gasteiger partial charge in [0.15, 0.2) is 4.96 Å². The molecule has 1 N–H and O–H groups in total. The van der Waals surface area contributed by atoms with Crippen LogP contribution in [0.3, 0.4) is 0 Å². The van der Waals surface area contributed by atoms with E-state index in [0.717, 1.165) is 40.5 Å². The van der Waals surface area contributed by atoms with Gasteiger partial charge in [0.25, 0.3) is 0 Å². The quantitative estimate of drug-likeness (QED) is 0.370. The largest absolute Gasteiger partial charge is 0.467 e. The first-order valence-corrected chi connectivity index (χ1v) is 12.3. The Bertz CT molecular complexity index is 1190. The Kier molecular flexibility index (Phi) is 6.44. The van der Waals surface area contributed by atoms with E-state index < -0.39 is 0 Å². The highest BCUT2D eigenvalue weighted by atomic mass is 32.1. The molecular weight excluding hydrogens is 439 g/mol. The molecule has 0 saturated heterocycles. The lowest BCUT2D eigenvalue weighted by Crippen LogP contribution is -2.45. The van der Waals surface area contributed by atoms with Crippen LogP contribution in [0.4, 0.5) is 9.18 Å². The summed E-state index contributed by atoms with van der Waals surface area (Å²) in [7, 11) is 0. The Labute approximate surface area is 196 Å². The number of amides is 2. The molecule has 5 rings (SSSR count). The van der Waals surface area contributed by atoms with Crippen molar-refractivity contribution in [1.29, 1.82) is 0 Å². The highest BCUT2D eigenvalue weighted by molar-refractivity contribution is 7.15. The van der Waals surface area contributed by atoms with Gasteiger partial charge < -0.3 is 14.6 Å². The molecule has 172 valence electrons. The summed E-state index contributed by atoms with van der Waals surface area (Å²) in [6.45, 7) is 0.999. The number of halogens is 1. The molecule has 4 aromatic rings. The summed E-state index contributed by atoms with van der Waals surface area (Å²) in [5.74, 6) is 0.508. The summed E-state index contributed by atoms with van der Waals surface area (Å²) >= 11 is 1.57. The third-order valence-corrected chi connectivity index (χ3v) is 7.10. The van der Waals surface area contributed by atoms with Crippen molar-refractivity contribution in [3.63, 3.8) is 0 Å². The minimum atomic E-state index is -0.261. The van der Waals surface area contributed by atoms with Crippen molar-refractivity contribution in [2.24, 2.45) is 0 Å². The van der Waals surface area contributed by atoms with Crippen LogP contribution in [0.1, 0.15) is 43.6 Å². The molecule has 8 heteroatoms. The summed E-state index contributed by atoms with van der Waals surface area (Å²) in [6.07, 6.45) is 10.0. The first-order valence-electron chi connectivity index (χ1n) is 11.4. The number of benzene rings is 1. The van der Waals surface area contributed by atoms with Crippen molar-refractivity contribution >= 4 is 22.3 Å². The molecule has 1 aliphatic carbocycles. The molecule has 3 aromatic heterocycles. The van der Waals surface area contributed by atoms with Crippen LogP contribution in [0.2, 0.25) is 0 Å². The number of carbonyl (C=O) groups excluding carboxylic acids is 1. The van der Waals surface area contributed by atoms with E-state index in [1.54, 1.807) is 29.7 Å². The van der Waals surface area contributed by atoms with Crippen molar-refractivity contribution in [3.8, 4) is 11.3 Å². The van der Waals surface area contributed by atoms with Gasteiger partial charge in [0.05, 0.1) is 18.5 Å². The maximum Gasteiger partial charge on any atom is 0.318 e. The average Bonchev–Trinajstić information content (AvgIpc) is 3.56. The van der Waals surface area contributed by atoms with Gasteiger partial charge in [0.1, 0.15) is 11.6 Å². The number of hydrogen-bond acceptors (Lipinski definition) is 4. The van der Waals surface area contributed by atoms with E-state index in [2.05, 4.69) is 20.1 Å². The first-order chi connectivity index (χ1) is 16.2. The van der Waals surface area contributed by atoms with Crippen molar-refractivity contribution in [3.05, 3.63) is 71.5 Å². The Morgan fingerprint density at radius 3 is 2.79 bits per heavy atom. The third-order valence-electron chi connectivity index (χ3n) is 6.21. The van der Waals surface area contributed by atoms with Crippen LogP contribution in [0.5, 0.6) is 0 Å². The van der Waals surface area contributed by atoms with Crippen LogP contribution in [-0.4, -0.2) is 32.9 Å². The summed E-state index contributed by atoms with van der Waals surface area (Å²) in [5.41, 5.74) is 2.78. The fourth-order valence-corrected chi connectivity index (χ4v) is 5.28. The molecule has 33 heavy (non-hydrogen) atoms. The Balaban J connectivity index is 1.30. The van der Waals surface area contributed by atoms with Gasteiger partial charge >= 0.3 is 6.03 Å². The number of imidazole rings is 1. The van der Waals surface area contributed by atoms with Crippen LogP contribution in [0, 0.1) is 5.82 Å². The zero-order valence-corrected chi connectivity index (χ0v) is 19.2. The number of aromatic nitrogens is 2. The van der Waals surface area contributed by atoms with Crippen molar-refractivity contribution in [2.45, 2.75) is 51.1 Å². The number of hydrogen-bond donors (Lipinski definition) is 1. The van der Waals surface area contributed by atoms with E-state index >= 15 is 0 Å². The number of urea groups is 1. The summed E-state index contributed by atoms with van der Waals surface area (Å²) in [6, 6.07) is 10.3. The smallest absolute Gasteiger partial charge is 0.318 e. The zero-order valence-electron chi connectivity index (χ0n) is 18.4. The van der Waals surface area contributed by atoms with Crippen LogP contribution in [-0.2, 0) is 13.0 Å². The number of fused-ring (bicyclic) bond motifs is 1. The highest BCUT2D eigenvalue weighted by Gasteiger charge is 2.21. The van der Waals surface area contributed by atoms with Crippen molar-refractivity contribution in [2.75, 3.05) is 6.54 Å². The van der Waals surface area contributed by atoms with Crippen molar-refractivity contribution < 1.29 is 13.6 Å². The predicted octanol–water partition coefficient (Wildman–Crippen LogP) is 5.88. The van der Waals surface area contributed by atoms with Gasteiger partial charge in [-0.15, -0.1) is 11.3 Å². The Hall–Kier alpha value is -3.13. The molecule has 0 spiro atoms. The first kappa shape index (κ1) is 21.7. The monoisotopic (exact) mass is 466 g/mol. The Morgan fingerprint density at radius 2 is 2.03 bits per heavy atom. The number of thiazole rings is 1. The number of carbonyl (C=O) groups is 1. The average molecular weight is 467 g/mol. The molecule has 1 aromatic carbocycles. The minimum Gasteiger partial charge on any atom is -0.467 e. The normalized spacial score (nSPS) is 14.6. The van der Waals surface area contributed by atoms with Crippen LogP contribution in [0.25, 0.3) is 16.2 Å². The van der Waals surface area contributed by atoms with Gasteiger partial charge in [0.2, 0.25) is 0 Å². The van der Waals surface area contributed by atoms with E-state index in [0.29, 0.717) is 19.5 Å². The van der Waals surface area contributed by atoms with Gasteiger partial charge in [-0.25, -0.2) is 14.2 Å². The summed E-state index contributed by atoms with van der Waals surface area (Å²) in [4.78, 5) is 20.5. The fraction of sp³-hybridized carbons (Fsp3) is 0.360. The standard InChI is InChI=1S/C25H27FN4O2S/c26-19-10-8-18(9-11-19)23-16-30-21(17-33-25(30)28-23)12-13-29(15-22-7-4-14-32-22)24(31)27-20-5-2-1-3-6-20/h4,7-11,14,16-17,20H,1-3,5-6,12-13,15H2,(H,27,31). The zero-order chi connectivity index (χ0) is 22.6. The predicted molar refractivity (Wildman–Crippen MR) is 127 cm³/mol. The second kappa shape index (κ2) is 9.79. The number of furan rings is 1. The molecule has 1 fully saturated rings. The lowest BCUT2D eigenvalue weighted by molar-refractivity contribution is 0.183. The van der Waals surface area contributed by atoms with Crippen LogP contribution in [0.15, 0.2) is 58.7 Å². The molecule has 0 radical (unpaired) electrons. The van der Waals surface area contributed by atoms with E-state index in [1.807, 2.05) is 23.2 Å². The fourth-order valence-electron chi connectivity index (χ4n) is 4.37. The molecule has 0 aliphatic heterocycles. The van der Waals surface area contributed by atoms with Gasteiger partial charge in [-0.05, 0) is 49.2 Å². The lowest BCUT2D eigenvalue weighted by atomic mass is 9.96. The maximum atomic E-state index is 13.3. The van der Waals surface area contributed by atoms with Gasteiger partial charge in [-0.3, -0.25) is 4.40 Å². The summed E-state index contributed by atoms with van der Waals surface area (Å²) in [5, 5.41) is 5.31. The molecular formula is C25H27FN4O2S.